The first-order chi connectivity index (χ1) is 15.3. The molecule has 1 aliphatic heterocycles. The van der Waals surface area contributed by atoms with Crippen molar-refractivity contribution >= 4 is 21.6 Å². The topological polar surface area (TPSA) is 75.7 Å². The van der Waals surface area contributed by atoms with Gasteiger partial charge in [-0.15, -0.1) is 0 Å². The summed E-state index contributed by atoms with van der Waals surface area (Å²) in [5, 5.41) is 2.94. The van der Waals surface area contributed by atoms with E-state index in [-0.39, 0.29) is 17.3 Å². The number of hydrogen-bond donors (Lipinski definition) is 1. The van der Waals surface area contributed by atoms with Gasteiger partial charge in [0.25, 0.3) is 0 Å². The van der Waals surface area contributed by atoms with E-state index in [0.717, 1.165) is 22.3 Å². The molecule has 0 spiro atoms. The summed E-state index contributed by atoms with van der Waals surface area (Å²) in [6.07, 6.45) is 0.308. The molecule has 0 aromatic heterocycles. The number of methoxy groups -OCH3 is 1. The third-order valence-electron chi connectivity index (χ3n) is 5.81. The lowest BCUT2D eigenvalue weighted by atomic mass is 9.95. The van der Waals surface area contributed by atoms with E-state index in [0.29, 0.717) is 17.9 Å². The lowest BCUT2D eigenvalue weighted by molar-refractivity contribution is -0.120. The molecule has 0 unspecified atom stereocenters. The highest BCUT2D eigenvalue weighted by atomic mass is 32.2. The van der Waals surface area contributed by atoms with Crippen LogP contribution in [0.2, 0.25) is 0 Å². The molecule has 1 N–H and O–H groups in total. The third kappa shape index (κ3) is 4.26. The zero-order valence-electron chi connectivity index (χ0n) is 18.3. The number of hydrogen-bond acceptors (Lipinski definition) is 4. The average Bonchev–Trinajstić information content (AvgIpc) is 2.80. The summed E-state index contributed by atoms with van der Waals surface area (Å²) < 4.78 is 33.6. The lowest BCUT2D eigenvalue weighted by Crippen LogP contribution is -2.50. The molecule has 3 aromatic carbocycles. The Labute approximate surface area is 188 Å². The number of carbonyl (C=O) groups excluding carboxylic acids is 1. The fourth-order valence-corrected chi connectivity index (χ4v) is 5.59. The number of ether oxygens (including phenoxy) is 1. The molecule has 1 amide bonds. The van der Waals surface area contributed by atoms with Gasteiger partial charge in [-0.1, -0.05) is 42.0 Å². The van der Waals surface area contributed by atoms with Crippen molar-refractivity contribution in [3.8, 4) is 5.75 Å². The van der Waals surface area contributed by atoms with Gasteiger partial charge in [0.05, 0.1) is 12.0 Å². The molecular formula is C25H26N2O4S. The first-order valence-electron chi connectivity index (χ1n) is 10.4. The summed E-state index contributed by atoms with van der Waals surface area (Å²) in [5.74, 6) is 0.223. The fraction of sp³-hybridized carbons (Fsp3) is 0.240. The molecule has 4 rings (SSSR count). The number of aryl methyl sites for hydroxylation is 2. The minimum atomic E-state index is -3.92. The minimum absolute atomic E-state index is 0.127. The highest BCUT2D eigenvalue weighted by molar-refractivity contribution is 7.89. The van der Waals surface area contributed by atoms with Gasteiger partial charge in [0, 0.05) is 12.2 Å². The Bertz CT molecular complexity index is 1250. The monoisotopic (exact) mass is 450 g/mol. The van der Waals surface area contributed by atoms with Crippen LogP contribution < -0.4 is 10.1 Å². The highest BCUT2D eigenvalue weighted by Crippen LogP contribution is 2.30. The van der Waals surface area contributed by atoms with Crippen LogP contribution in [0.5, 0.6) is 5.75 Å². The van der Waals surface area contributed by atoms with E-state index >= 15 is 0 Å². The molecule has 1 atom stereocenters. The van der Waals surface area contributed by atoms with Crippen molar-refractivity contribution in [3.05, 3.63) is 89.0 Å². The summed E-state index contributed by atoms with van der Waals surface area (Å²) in [7, 11) is -2.39. The van der Waals surface area contributed by atoms with Crippen LogP contribution in [0, 0.1) is 13.8 Å². The molecule has 0 fully saturated rings. The van der Waals surface area contributed by atoms with Crippen molar-refractivity contribution in [1.29, 1.82) is 0 Å². The Kier molecular flexibility index (Phi) is 6.04. The van der Waals surface area contributed by atoms with Crippen LogP contribution >= 0.6 is 0 Å². The molecule has 0 saturated carbocycles. The molecular weight excluding hydrogens is 424 g/mol. The van der Waals surface area contributed by atoms with Gasteiger partial charge in [-0.3, -0.25) is 4.79 Å². The van der Waals surface area contributed by atoms with E-state index < -0.39 is 16.1 Å². The quantitative estimate of drug-likeness (QED) is 0.636. The van der Waals surface area contributed by atoms with Gasteiger partial charge in [-0.25, -0.2) is 8.42 Å². The Morgan fingerprint density at radius 3 is 2.34 bits per heavy atom. The number of fused-ring (bicyclic) bond motifs is 1. The fourth-order valence-electron chi connectivity index (χ4n) is 4.03. The average molecular weight is 451 g/mol. The Morgan fingerprint density at radius 1 is 1.00 bits per heavy atom. The largest absolute Gasteiger partial charge is 0.497 e. The second-order valence-electron chi connectivity index (χ2n) is 8.02. The van der Waals surface area contributed by atoms with Crippen LogP contribution in [0.1, 0.15) is 22.3 Å². The number of nitrogens with one attached hydrogen (secondary N) is 1. The van der Waals surface area contributed by atoms with Crippen LogP contribution in [0.4, 0.5) is 5.69 Å². The third-order valence-corrected chi connectivity index (χ3v) is 7.68. The van der Waals surface area contributed by atoms with Gasteiger partial charge >= 0.3 is 0 Å². The van der Waals surface area contributed by atoms with Gasteiger partial charge in [-0.2, -0.15) is 4.31 Å². The summed E-state index contributed by atoms with van der Waals surface area (Å²) in [4.78, 5) is 13.5. The maximum atomic E-state index is 13.6. The number of anilines is 1. The molecule has 0 aliphatic carbocycles. The number of carbonyl (C=O) groups is 1. The second-order valence-corrected chi connectivity index (χ2v) is 9.91. The molecule has 1 aliphatic rings. The molecule has 7 heteroatoms. The van der Waals surface area contributed by atoms with E-state index in [4.69, 9.17) is 4.74 Å². The summed E-state index contributed by atoms with van der Waals surface area (Å²) in [5.41, 5.74) is 4.59. The molecule has 32 heavy (non-hydrogen) atoms. The number of sulfonamides is 1. The van der Waals surface area contributed by atoms with E-state index in [1.54, 1.807) is 12.1 Å². The van der Waals surface area contributed by atoms with Crippen molar-refractivity contribution in [2.24, 2.45) is 0 Å². The van der Waals surface area contributed by atoms with E-state index in [1.807, 2.05) is 56.3 Å². The van der Waals surface area contributed by atoms with Crippen LogP contribution in [0.3, 0.4) is 0 Å². The van der Waals surface area contributed by atoms with Gasteiger partial charge in [0.2, 0.25) is 15.9 Å². The van der Waals surface area contributed by atoms with Gasteiger partial charge in [-0.05, 0) is 67.3 Å². The summed E-state index contributed by atoms with van der Waals surface area (Å²) in [6.45, 7) is 4.04. The minimum Gasteiger partial charge on any atom is -0.497 e. The van der Waals surface area contributed by atoms with Gasteiger partial charge < -0.3 is 10.1 Å². The lowest BCUT2D eigenvalue weighted by Gasteiger charge is -2.35. The van der Waals surface area contributed by atoms with Crippen molar-refractivity contribution < 1.29 is 17.9 Å². The zero-order valence-corrected chi connectivity index (χ0v) is 19.1. The Hall–Kier alpha value is -3.16. The standard InChI is InChI=1S/C25H26N2O4S/c1-17-8-13-23(18(2)14-17)26-25(28)24-15-19-6-4-5-7-20(19)16-27(24)32(29,30)22-11-9-21(31-3)10-12-22/h4-14,24H,15-16H2,1-3H3,(H,26,28)/t24-/m1/s1. The Balaban J connectivity index is 1.71. The predicted molar refractivity (Wildman–Crippen MR) is 124 cm³/mol. The van der Waals surface area contributed by atoms with Crippen LogP contribution in [-0.4, -0.2) is 31.8 Å². The first-order valence-corrected chi connectivity index (χ1v) is 11.8. The zero-order chi connectivity index (χ0) is 22.9. The van der Waals surface area contributed by atoms with Crippen LogP contribution in [0.15, 0.2) is 71.6 Å². The van der Waals surface area contributed by atoms with Gasteiger partial charge in [0.1, 0.15) is 11.8 Å². The molecule has 0 saturated heterocycles. The van der Waals surface area contributed by atoms with E-state index in [2.05, 4.69) is 5.32 Å². The molecule has 3 aromatic rings. The number of benzene rings is 3. The van der Waals surface area contributed by atoms with Crippen molar-refractivity contribution in [2.45, 2.75) is 37.8 Å². The highest BCUT2D eigenvalue weighted by Gasteiger charge is 2.39. The molecule has 0 radical (unpaired) electrons. The molecule has 1 heterocycles. The number of nitrogens with zero attached hydrogens (tertiary/aromatic N) is 1. The molecule has 6 nitrogen and oxygen atoms in total. The first kappa shape index (κ1) is 22.0. The maximum absolute atomic E-state index is 13.6. The SMILES string of the molecule is COc1ccc(S(=O)(=O)N2Cc3ccccc3C[C@@H]2C(=O)Nc2ccc(C)cc2C)cc1. The number of amides is 1. The van der Waals surface area contributed by atoms with Crippen LogP contribution in [0.25, 0.3) is 0 Å². The summed E-state index contributed by atoms with van der Waals surface area (Å²) >= 11 is 0. The van der Waals surface area contributed by atoms with Crippen molar-refractivity contribution in [1.82, 2.24) is 4.31 Å². The predicted octanol–water partition coefficient (Wildman–Crippen LogP) is 4.07. The van der Waals surface area contributed by atoms with Gasteiger partial charge in [0.15, 0.2) is 0 Å². The molecule has 166 valence electrons. The summed E-state index contributed by atoms with van der Waals surface area (Å²) in [6, 6.07) is 18.8. The normalized spacial score (nSPS) is 16.3. The Morgan fingerprint density at radius 2 is 1.69 bits per heavy atom. The maximum Gasteiger partial charge on any atom is 0.244 e. The van der Waals surface area contributed by atoms with E-state index in [9.17, 15) is 13.2 Å². The van der Waals surface area contributed by atoms with E-state index in [1.165, 1.54) is 23.5 Å². The second kappa shape index (κ2) is 8.76. The smallest absolute Gasteiger partial charge is 0.244 e. The molecule has 0 bridgehead atoms. The number of rotatable bonds is 5. The van der Waals surface area contributed by atoms with Crippen LogP contribution in [-0.2, 0) is 27.8 Å². The van der Waals surface area contributed by atoms with Crippen molar-refractivity contribution in [3.63, 3.8) is 0 Å². The van der Waals surface area contributed by atoms with Crippen molar-refractivity contribution in [2.75, 3.05) is 12.4 Å².